The van der Waals surface area contributed by atoms with Crippen molar-refractivity contribution in [3.63, 3.8) is 0 Å². The van der Waals surface area contributed by atoms with Crippen molar-refractivity contribution in [3.8, 4) is 0 Å². The lowest BCUT2D eigenvalue weighted by Gasteiger charge is -2.03. The molecule has 0 bridgehead atoms. The molecule has 0 radical (unpaired) electrons. The Balaban J connectivity index is 1.91. The first kappa shape index (κ1) is 7.96. The van der Waals surface area contributed by atoms with E-state index in [1.807, 2.05) is 4.57 Å². The highest BCUT2D eigenvalue weighted by Gasteiger charge is 2.36. The molecule has 5 nitrogen and oxygen atoms in total. The van der Waals surface area contributed by atoms with Gasteiger partial charge in [-0.05, 0) is 12.8 Å². The summed E-state index contributed by atoms with van der Waals surface area (Å²) in [5.41, 5.74) is 0. The number of carbonyl (C=O) groups is 1. The van der Waals surface area contributed by atoms with Crippen LogP contribution in [0, 0.1) is 5.92 Å². The molecule has 1 aromatic rings. The maximum atomic E-state index is 10.8. The van der Waals surface area contributed by atoms with Gasteiger partial charge in [0.25, 0.3) is 0 Å². The summed E-state index contributed by atoms with van der Waals surface area (Å²) >= 11 is 0. The zero-order chi connectivity index (χ0) is 9.71. The normalized spacial score (nSPS) is 25.0. The number of aliphatic carboxylic acids is 1. The smallest absolute Gasteiger partial charge is 0.308 e. The van der Waals surface area contributed by atoms with E-state index in [0.717, 1.165) is 11.6 Å². The molecular formula is C9H11N3O2. The SMILES string of the molecule is O=C(O)C1Cc2nnc(C3CC3)n2C1. The van der Waals surface area contributed by atoms with Gasteiger partial charge in [-0.15, -0.1) is 10.2 Å². The lowest BCUT2D eigenvalue weighted by molar-refractivity contribution is -0.141. The molecule has 3 rings (SSSR count). The Kier molecular flexibility index (Phi) is 1.45. The van der Waals surface area contributed by atoms with Gasteiger partial charge in [-0.25, -0.2) is 0 Å². The van der Waals surface area contributed by atoms with E-state index in [4.69, 9.17) is 5.11 Å². The Labute approximate surface area is 80.8 Å². The van der Waals surface area contributed by atoms with E-state index < -0.39 is 5.97 Å². The topological polar surface area (TPSA) is 68.0 Å². The first-order chi connectivity index (χ1) is 6.75. The summed E-state index contributed by atoms with van der Waals surface area (Å²) < 4.78 is 2.00. The van der Waals surface area contributed by atoms with Gasteiger partial charge in [0, 0.05) is 18.9 Å². The molecule has 1 atom stereocenters. The Hall–Kier alpha value is -1.39. The zero-order valence-corrected chi connectivity index (χ0v) is 7.68. The predicted molar refractivity (Wildman–Crippen MR) is 46.8 cm³/mol. The quantitative estimate of drug-likeness (QED) is 0.738. The summed E-state index contributed by atoms with van der Waals surface area (Å²) in [6.45, 7) is 0.559. The fourth-order valence-corrected chi connectivity index (χ4v) is 2.01. The van der Waals surface area contributed by atoms with Crippen LogP contribution in [0.5, 0.6) is 0 Å². The minimum atomic E-state index is -0.725. The number of hydrogen-bond acceptors (Lipinski definition) is 3. The van der Waals surface area contributed by atoms with Crippen LogP contribution in [0.15, 0.2) is 0 Å². The third-order valence-corrected chi connectivity index (χ3v) is 2.98. The van der Waals surface area contributed by atoms with Gasteiger partial charge in [0.1, 0.15) is 11.6 Å². The summed E-state index contributed by atoms with van der Waals surface area (Å²) in [5, 5.41) is 17.0. The maximum absolute atomic E-state index is 10.8. The van der Waals surface area contributed by atoms with Crippen LogP contribution in [0.2, 0.25) is 0 Å². The van der Waals surface area contributed by atoms with E-state index >= 15 is 0 Å². The number of fused-ring (bicyclic) bond motifs is 1. The first-order valence-electron chi connectivity index (χ1n) is 4.90. The largest absolute Gasteiger partial charge is 0.481 e. The monoisotopic (exact) mass is 193 g/mol. The number of nitrogens with zero attached hydrogens (tertiary/aromatic N) is 3. The maximum Gasteiger partial charge on any atom is 0.308 e. The molecule has 74 valence electrons. The van der Waals surface area contributed by atoms with Gasteiger partial charge in [0.05, 0.1) is 5.92 Å². The summed E-state index contributed by atoms with van der Waals surface area (Å²) in [7, 11) is 0. The van der Waals surface area contributed by atoms with Crippen molar-refractivity contribution in [1.82, 2.24) is 14.8 Å². The molecule has 0 saturated heterocycles. The summed E-state index contributed by atoms with van der Waals surface area (Å²) in [6.07, 6.45) is 2.89. The highest BCUT2D eigenvalue weighted by atomic mass is 16.4. The molecule has 2 heterocycles. The van der Waals surface area contributed by atoms with Crippen LogP contribution in [0.3, 0.4) is 0 Å². The molecule has 2 aliphatic rings. The fourth-order valence-electron chi connectivity index (χ4n) is 2.01. The lowest BCUT2D eigenvalue weighted by atomic mass is 10.1. The Bertz CT molecular complexity index is 395. The van der Waals surface area contributed by atoms with Crippen LogP contribution in [0.1, 0.15) is 30.4 Å². The molecule has 0 amide bonds. The molecule has 1 aliphatic heterocycles. The Morgan fingerprint density at radius 2 is 2.21 bits per heavy atom. The van der Waals surface area contributed by atoms with E-state index in [0.29, 0.717) is 18.9 Å². The minimum absolute atomic E-state index is 0.294. The standard InChI is InChI=1S/C9H11N3O2/c13-9(14)6-3-7-10-11-8(5-1-2-5)12(7)4-6/h5-6H,1-4H2,(H,13,14). The van der Waals surface area contributed by atoms with Gasteiger partial charge in [0.15, 0.2) is 0 Å². The van der Waals surface area contributed by atoms with Gasteiger partial charge < -0.3 is 9.67 Å². The molecular weight excluding hydrogens is 182 g/mol. The summed E-state index contributed by atoms with van der Waals surface area (Å²) in [4.78, 5) is 10.8. The van der Waals surface area contributed by atoms with E-state index in [-0.39, 0.29) is 5.92 Å². The van der Waals surface area contributed by atoms with Crippen molar-refractivity contribution in [1.29, 1.82) is 0 Å². The van der Waals surface area contributed by atoms with Crippen LogP contribution in [-0.2, 0) is 17.8 Å². The van der Waals surface area contributed by atoms with Gasteiger partial charge >= 0.3 is 5.97 Å². The number of carboxylic acids is 1. The molecule has 1 aromatic heterocycles. The van der Waals surface area contributed by atoms with Crippen LogP contribution in [-0.4, -0.2) is 25.8 Å². The molecule has 0 spiro atoms. The van der Waals surface area contributed by atoms with Crippen LogP contribution in [0.4, 0.5) is 0 Å². The molecule has 14 heavy (non-hydrogen) atoms. The molecule has 1 fully saturated rings. The van der Waals surface area contributed by atoms with Gasteiger partial charge in [-0.2, -0.15) is 0 Å². The number of aromatic nitrogens is 3. The average Bonchev–Trinajstić information content (AvgIpc) is 2.77. The average molecular weight is 193 g/mol. The number of carboxylic acid groups (broad SMARTS) is 1. The van der Waals surface area contributed by atoms with Crippen molar-refractivity contribution in [2.24, 2.45) is 5.92 Å². The van der Waals surface area contributed by atoms with Crippen LogP contribution >= 0.6 is 0 Å². The zero-order valence-electron chi connectivity index (χ0n) is 7.68. The summed E-state index contributed by atoms with van der Waals surface area (Å²) in [5.74, 6) is 1.38. The van der Waals surface area contributed by atoms with Crippen LogP contribution in [0.25, 0.3) is 0 Å². The van der Waals surface area contributed by atoms with E-state index in [9.17, 15) is 4.79 Å². The van der Waals surface area contributed by atoms with Gasteiger partial charge in [-0.3, -0.25) is 4.79 Å². The van der Waals surface area contributed by atoms with Crippen LogP contribution < -0.4 is 0 Å². The van der Waals surface area contributed by atoms with Crippen molar-refractivity contribution in [2.45, 2.75) is 31.7 Å². The Morgan fingerprint density at radius 1 is 1.43 bits per heavy atom. The van der Waals surface area contributed by atoms with Crippen molar-refractivity contribution in [3.05, 3.63) is 11.6 Å². The number of rotatable bonds is 2. The third-order valence-electron chi connectivity index (χ3n) is 2.98. The van der Waals surface area contributed by atoms with E-state index in [1.165, 1.54) is 12.8 Å². The second-order valence-corrected chi connectivity index (χ2v) is 4.10. The molecule has 1 unspecified atom stereocenters. The molecule has 0 aromatic carbocycles. The van der Waals surface area contributed by atoms with Crippen molar-refractivity contribution < 1.29 is 9.90 Å². The molecule has 1 saturated carbocycles. The molecule has 1 N–H and O–H groups in total. The number of hydrogen-bond donors (Lipinski definition) is 1. The predicted octanol–water partition coefficient (Wildman–Crippen LogP) is 0.412. The Morgan fingerprint density at radius 3 is 2.86 bits per heavy atom. The molecule has 5 heteroatoms. The third kappa shape index (κ3) is 1.05. The van der Waals surface area contributed by atoms with Gasteiger partial charge in [0.2, 0.25) is 0 Å². The van der Waals surface area contributed by atoms with E-state index in [1.54, 1.807) is 0 Å². The minimum Gasteiger partial charge on any atom is -0.481 e. The molecule has 1 aliphatic carbocycles. The highest BCUT2D eigenvalue weighted by molar-refractivity contribution is 5.70. The van der Waals surface area contributed by atoms with Crippen molar-refractivity contribution >= 4 is 5.97 Å². The van der Waals surface area contributed by atoms with Crippen molar-refractivity contribution in [2.75, 3.05) is 0 Å². The summed E-state index contributed by atoms with van der Waals surface area (Å²) in [6, 6.07) is 0. The fraction of sp³-hybridized carbons (Fsp3) is 0.667. The second-order valence-electron chi connectivity index (χ2n) is 4.10. The van der Waals surface area contributed by atoms with Gasteiger partial charge in [-0.1, -0.05) is 0 Å². The highest BCUT2D eigenvalue weighted by Crippen LogP contribution is 2.40. The lowest BCUT2D eigenvalue weighted by Crippen LogP contribution is -2.15. The van der Waals surface area contributed by atoms with E-state index in [2.05, 4.69) is 10.2 Å². The first-order valence-corrected chi connectivity index (χ1v) is 4.90. The second kappa shape index (κ2) is 2.56.